The molecule has 0 saturated heterocycles. The van der Waals surface area contributed by atoms with E-state index in [1.807, 2.05) is 0 Å². The molecule has 0 fully saturated rings. The minimum atomic E-state index is -0.345. The van der Waals surface area contributed by atoms with Crippen LogP contribution in [0.1, 0.15) is 15.9 Å². The maximum absolute atomic E-state index is 12.7. The van der Waals surface area contributed by atoms with Gasteiger partial charge < -0.3 is 24.4 Å². The number of benzene rings is 2. The maximum Gasteiger partial charge on any atom is 0.204 e. The van der Waals surface area contributed by atoms with E-state index < -0.39 is 0 Å². The predicted octanol–water partition coefficient (Wildman–Crippen LogP) is 2.77. The molecule has 0 spiro atoms. The van der Waals surface area contributed by atoms with Crippen LogP contribution >= 0.6 is 0 Å². The Bertz CT molecular complexity index is 820. The number of phenolic OH excluding ortho intramolecular Hbond substituents is 2. The number of ketones is 1. The van der Waals surface area contributed by atoms with Gasteiger partial charge in [0.2, 0.25) is 5.75 Å². The van der Waals surface area contributed by atoms with Crippen LogP contribution in [0.5, 0.6) is 28.7 Å². The Morgan fingerprint density at radius 2 is 1.83 bits per heavy atom. The van der Waals surface area contributed by atoms with Gasteiger partial charge in [0.05, 0.1) is 14.2 Å². The van der Waals surface area contributed by atoms with E-state index in [4.69, 9.17) is 14.2 Å². The summed E-state index contributed by atoms with van der Waals surface area (Å²) in [5.41, 5.74) is 1.17. The van der Waals surface area contributed by atoms with E-state index >= 15 is 0 Å². The first kappa shape index (κ1) is 15.7. The lowest BCUT2D eigenvalue weighted by Crippen LogP contribution is -2.20. The Kier molecular flexibility index (Phi) is 4.04. The van der Waals surface area contributed by atoms with Gasteiger partial charge in [0.15, 0.2) is 17.3 Å². The van der Waals surface area contributed by atoms with Crippen molar-refractivity contribution in [1.29, 1.82) is 0 Å². The van der Waals surface area contributed by atoms with Crippen LogP contribution in [0.2, 0.25) is 0 Å². The zero-order valence-corrected chi connectivity index (χ0v) is 13.2. The van der Waals surface area contributed by atoms with Crippen molar-refractivity contribution in [2.75, 3.05) is 20.8 Å². The van der Waals surface area contributed by atoms with Gasteiger partial charge in [-0.3, -0.25) is 4.79 Å². The molecule has 6 nitrogen and oxygen atoms in total. The molecule has 2 aromatic rings. The number of phenols is 2. The van der Waals surface area contributed by atoms with Crippen molar-refractivity contribution in [3.8, 4) is 28.7 Å². The van der Waals surface area contributed by atoms with Crippen molar-refractivity contribution in [3.05, 3.63) is 47.0 Å². The molecular formula is C18H16O6. The molecule has 2 N–H and O–H groups in total. The number of Topliss-reactive ketones (excluding diaryl/α,β-unsaturated/α-hetero) is 1. The molecule has 2 aromatic carbocycles. The average molecular weight is 328 g/mol. The minimum absolute atomic E-state index is 0.0374. The molecule has 0 aliphatic carbocycles. The zero-order chi connectivity index (χ0) is 17.3. The first-order valence-electron chi connectivity index (χ1n) is 7.20. The highest BCUT2D eigenvalue weighted by atomic mass is 16.5. The quantitative estimate of drug-likeness (QED) is 0.843. The van der Waals surface area contributed by atoms with Gasteiger partial charge in [0.1, 0.15) is 23.7 Å². The molecule has 124 valence electrons. The second-order valence-corrected chi connectivity index (χ2v) is 5.21. The second-order valence-electron chi connectivity index (χ2n) is 5.21. The van der Waals surface area contributed by atoms with Crippen LogP contribution in [0.15, 0.2) is 35.9 Å². The standard InChI is InChI=1S/C18H16O6/c1-22-14-8-13(20)15-16(21)11(9-24-18(15)17(14)23-2)7-10-3-5-12(19)6-4-10/h3-8,19-20H,9H2,1-2H3/b11-7+. The highest BCUT2D eigenvalue weighted by Gasteiger charge is 2.32. The van der Waals surface area contributed by atoms with Crippen molar-refractivity contribution in [2.45, 2.75) is 0 Å². The number of hydrogen-bond donors (Lipinski definition) is 2. The van der Waals surface area contributed by atoms with E-state index in [0.29, 0.717) is 5.57 Å². The lowest BCUT2D eigenvalue weighted by molar-refractivity contribution is 0.0995. The topological polar surface area (TPSA) is 85.2 Å². The Hall–Kier alpha value is -3.15. The van der Waals surface area contributed by atoms with E-state index in [1.54, 1.807) is 18.2 Å². The Morgan fingerprint density at radius 3 is 2.46 bits per heavy atom. The van der Waals surface area contributed by atoms with Gasteiger partial charge in [-0.1, -0.05) is 12.1 Å². The van der Waals surface area contributed by atoms with E-state index in [0.717, 1.165) is 5.56 Å². The van der Waals surface area contributed by atoms with Crippen LogP contribution in [0.4, 0.5) is 0 Å². The summed E-state index contributed by atoms with van der Waals surface area (Å²) >= 11 is 0. The van der Waals surface area contributed by atoms with Gasteiger partial charge >= 0.3 is 0 Å². The summed E-state index contributed by atoms with van der Waals surface area (Å²) in [7, 11) is 2.87. The van der Waals surface area contributed by atoms with Gasteiger partial charge in [0.25, 0.3) is 0 Å². The molecule has 0 bridgehead atoms. The van der Waals surface area contributed by atoms with Crippen molar-refractivity contribution in [3.63, 3.8) is 0 Å². The third-order valence-corrected chi connectivity index (χ3v) is 3.73. The number of aromatic hydroxyl groups is 2. The monoisotopic (exact) mass is 328 g/mol. The van der Waals surface area contributed by atoms with Crippen molar-refractivity contribution in [2.24, 2.45) is 0 Å². The van der Waals surface area contributed by atoms with Crippen LogP contribution in [0, 0.1) is 0 Å². The summed E-state index contributed by atoms with van der Waals surface area (Å²) < 4.78 is 16.0. The predicted molar refractivity (Wildman–Crippen MR) is 87.1 cm³/mol. The largest absolute Gasteiger partial charge is 0.508 e. The molecule has 0 radical (unpaired) electrons. The molecule has 24 heavy (non-hydrogen) atoms. The summed E-state index contributed by atoms with van der Waals surface area (Å²) in [6, 6.07) is 7.74. The van der Waals surface area contributed by atoms with Gasteiger partial charge in [-0.05, 0) is 23.8 Å². The van der Waals surface area contributed by atoms with Gasteiger partial charge in [-0.25, -0.2) is 0 Å². The average Bonchev–Trinajstić information content (AvgIpc) is 2.58. The summed E-state index contributed by atoms with van der Waals surface area (Å²) in [4.78, 5) is 12.7. The lowest BCUT2D eigenvalue weighted by atomic mass is 9.96. The second kappa shape index (κ2) is 6.16. The molecule has 3 rings (SSSR count). The fourth-order valence-electron chi connectivity index (χ4n) is 2.56. The van der Waals surface area contributed by atoms with Gasteiger partial charge in [-0.15, -0.1) is 0 Å². The number of methoxy groups -OCH3 is 2. The molecule has 1 heterocycles. The van der Waals surface area contributed by atoms with Crippen LogP contribution in [-0.2, 0) is 0 Å². The molecule has 0 amide bonds. The molecule has 0 aromatic heterocycles. The van der Waals surface area contributed by atoms with Crippen LogP contribution in [0.3, 0.4) is 0 Å². The third-order valence-electron chi connectivity index (χ3n) is 3.73. The number of fused-ring (bicyclic) bond motifs is 1. The Labute approximate surface area is 138 Å². The Morgan fingerprint density at radius 1 is 1.12 bits per heavy atom. The molecule has 0 saturated carbocycles. The van der Waals surface area contributed by atoms with E-state index in [-0.39, 0.29) is 46.7 Å². The maximum atomic E-state index is 12.7. The molecular weight excluding hydrogens is 312 g/mol. The summed E-state index contributed by atoms with van der Waals surface area (Å²) in [5.74, 6) is 0.284. The Balaban J connectivity index is 2.06. The SMILES string of the molecule is COc1cc(O)c2c(c1OC)OC/C(=C\c1ccc(O)cc1)C2=O. The fraction of sp³-hybridized carbons (Fsp3) is 0.167. The molecule has 1 aliphatic heterocycles. The zero-order valence-electron chi connectivity index (χ0n) is 13.2. The summed E-state index contributed by atoms with van der Waals surface area (Å²) in [6.07, 6.45) is 1.65. The molecule has 0 unspecified atom stereocenters. The minimum Gasteiger partial charge on any atom is -0.508 e. The number of ether oxygens (including phenoxy) is 3. The first-order valence-corrected chi connectivity index (χ1v) is 7.20. The number of rotatable bonds is 3. The normalized spacial score (nSPS) is 14.9. The van der Waals surface area contributed by atoms with Crippen molar-refractivity contribution in [1.82, 2.24) is 0 Å². The van der Waals surface area contributed by atoms with Crippen LogP contribution < -0.4 is 14.2 Å². The van der Waals surface area contributed by atoms with E-state index in [9.17, 15) is 15.0 Å². The fourth-order valence-corrected chi connectivity index (χ4v) is 2.56. The number of carbonyl (C=O) groups excluding carboxylic acids is 1. The molecule has 6 heteroatoms. The van der Waals surface area contributed by atoms with Crippen molar-refractivity contribution < 1.29 is 29.2 Å². The van der Waals surface area contributed by atoms with E-state index in [1.165, 1.54) is 32.4 Å². The summed E-state index contributed by atoms with van der Waals surface area (Å²) in [6.45, 7) is 0.0374. The van der Waals surface area contributed by atoms with Crippen LogP contribution in [0.25, 0.3) is 6.08 Å². The first-order chi connectivity index (χ1) is 11.5. The van der Waals surface area contributed by atoms with Crippen molar-refractivity contribution >= 4 is 11.9 Å². The third kappa shape index (κ3) is 2.62. The van der Waals surface area contributed by atoms with Gasteiger partial charge in [0, 0.05) is 11.6 Å². The highest BCUT2D eigenvalue weighted by Crippen LogP contribution is 2.47. The van der Waals surface area contributed by atoms with E-state index in [2.05, 4.69) is 0 Å². The summed E-state index contributed by atoms with van der Waals surface area (Å²) in [5, 5.41) is 19.5. The van der Waals surface area contributed by atoms with Crippen LogP contribution in [-0.4, -0.2) is 36.8 Å². The smallest absolute Gasteiger partial charge is 0.204 e. The molecule has 0 atom stereocenters. The number of hydrogen-bond acceptors (Lipinski definition) is 6. The number of carbonyl (C=O) groups is 1. The lowest BCUT2D eigenvalue weighted by Gasteiger charge is -2.23. The molecule has 1 aliphatic rings. The van der Waals surface area contributed by atoms with Gasteiger partial charge in [-0.2, -0.15) is 0 Å². The highest BCUT2D eigenvalue weighted by molar-refractivity contribution is 6.16.